The van der Waals surface area contributed by atoms with Crippen molar-refractivity contribution in [2.24, 2.45) is 0 Å². The van der Waals surface area contributed by atoms with Crippen LogP contribution in [0, 0.1) is 11.6 Å². The molecule has 0 fully saturated rings. The average Bonchev–Trinajstić information content (AvgIpc) is 2.71. The van der Waals surface area contributed by atoms with Crippen molar-refractivity contribution in [2.75, 3.05) is 19.7 Å². The number of nitrogens with zero attached hydrogens (tertiary/aromatic N) is 1. The highest BCUT2D eigenvalue weighted by atomic mass is 19.1. The van der Waals surface area contributed by atoms with Gasteiger partial charge >= 0.3 is 5.97 Å². The van der Waals surface area contributed by atoms with Gasteiger partial charge in [0.15, 0.2) is 6.61 Å². The second-order valence-electron chi connectivity index (χ2n) is 6.62. The molecule has 2 aromatic carbocycles. The van der Waals surface area contributed by atoms with Gasteiger partial charge < -0.3 is 15.0 Å². The van der Waals surface area contributed by atoms with Gasteiger partial charge in [-0.2, -0.15) is 0 Å². The zero-order valence-corrected chi connectivity index (χ0v) is 15.6. The summed E-state index contributed by atoms with van der Waals surface area (Å²) in [5, 5.41) is 2.35. The number of hydrogen-bond acceptors (Lipinski definition) is 4. The summed E-state index contributed by atoms with van der Waals surface area (Å²) in [7, 11) is 0. The summed E-state index contributed by atoms with van der Waals surface area (Å²) in [6, 6.07) is 10.5. The number of nitrogens with one attached hydrogen (secondary N) is 1. The van der Waals surface area contributed by atoms with E-state index in [1.54, 1.807) is 4.90 Å². The quantitative estimate of drug-likeness (QED) is 0.752. The third-order valence-corrected chi connectivity index (χ3v) is 4.63. The average molecular weight is 402 g/mol. The molecule has 1 N–H and O–H groups in total. The smallest absolute Gasteiger partial charge is 0.308 e. The Labute approximate surface area is 166 Å². The highest BCUT2D eigenvalue weighted by Crippen LogP contribution is 2.18. The number of ether oxygens (including phenoxy) is 1. The summed E-state index contributed by atoms with van der Waals surface area (Å²) in [5.74, 6) is -3.48. The first-order valence-electron chi connectivity index (χ1n) is 9.17. The van der Waals surface area contributed by atoms with Gasteiger partial charge in [-0.25, -0.2) is 8.78 Å². The normalized spacial score (nSPS) is 12.8. The molecule has 0 unspecified atom stereocenters. The van der Waals surface area contributed by atoms with Gasteiger partial charge in [-0.3, -0.25) is 14.4 Å². The van der Waals surface area contributed by atoms with Crippen LogP contribution in [0.25, 0.3) is 0 Å². The topological polar surface area (TPSA) is 75.7 Å². The van der Waals surface area contributed by atoms with Gasteiger partial charge in [-0.1, -0.05) is 24.3 Å². The number of halogens is 2. The van der Waals surface area contributed by atoms with Crippen molar-refractivity contribution < 1.29 is 27.9 Å². The molecule has 0 aromatic heterocycles. The molecule has 0 saturated heterocycles. The van der Waals surface area contributed by atoms with Crippen molar-refractivity contribution in [3.05, 3.63) is 70.8 Å². The molecule has 152 valence electrons. The van der Waals surface area contributed by atoms with Gasteiger partial charge in [0.05, 0.1) is 12.0 Å². The van der Waals surface area contributed by atoms with E-state index in [2.05, 4.69) is 5.32 Å². The lowest BCUT2D eigenvalue weighted by molar-refractivity contribution is -0.152. The fourth-order valence-electron chi connectivity index (χ4n) is 3.06. The van der Waals surface area contributed by atoms with Crippen molar-refractivity contribution in [3.8, 4) is 0 Å². The molecule has 2 aromatic rings. The van der Waals surface area contributed by atoms with Crippen LogP contribution in [-0.4, -0.2) is 42.4 Å². The summed E-state index contributed by atoms with van der Waals surface area (Å²) in [6.45, 7) is 0.569. The molecule has 0 saturated carbocycles. The van der Waals surface area contributed by atoms with Crippen LogP contribution in [0.4, 0.5) is 8.78 Å². The van der Waals surface area contributed by atoms with Crippen molar-refractivity contribution in [1.82, 2.24) is 10.2 Å². The molecule has 3 rings (SSSR count). The minimum atomic E-state index is -0.987. The largest absolute Gasteiger partial charge is 0.456 e. The first-order valence-corrected chi connectivity index (χ1v) is 9.17. The first-order chi connectivity index (χ1) is 13.9. The Morgan fingerprint density at radius 3 is 2.59 bits per heavy atom. The van der Waals surface area contributed by atoms with Gasteiger partial charge in [0.25, 0.3) is 11.8 Å². The van der Waals surface area contributed by atoms with Gasteiger partial charge in [0.2, 0.25) is 0 Å². The van der Waals surface area contributed by atoms with E-state index in [4.69, 9.17) is 4.74 Å². The number of esters is 1. The summed E-state index contributed by atoms with van der Waals surface area (Å²) in [6.07, 6.45) is 0.576. The number of carbonyl (C=O) groups is 3. The van der Waals surface area contributed by atoms with E-state index >= 15 is 0 Å². The Morgan fingerprint density at radius 1 is 1.07 bits per heavy atom. The third kappa shape index (κ3) is 5.37. The summed E-state index contributed by atoms with van der Waals surface area (Å²) in [4.78, 5) is 37.5. The molecule has 0 radical (unpaired) electrons. The minimum Gasteiger partial charge on any atom is -0.456 e. The standard InChI is InChI=1S/C21H20F2N2O4/c22-16-5-6-17(18(23)11-16)21(28)24-9-7-20(27)29-13-19(26)25-10-8-14-3-1-2-4-15(14)12-25/h1-6,11H,7-10,12-13H2,(H,24,28). The van der Waals surface area contributed by atoms with Crippen molar-refractivity contribution in [2.45, 2.75) is 19.4 Å². The molecule has 1 aliphatic heterocycles. The number of benzene rings is 2. The summed E-state index contributed by atoms with van der Waals surface area (Å²) < 4.78 is 31.4. The van der Waals surface area contributed by atoms with Crippen molar-refractivity contribution in [1.29, 1.82) is 0 Å². The van der Waals surface area contributed by atoms with Gasteiger partial charge in [0.1, 0.15) is 11.6 Å². The van der Waals surface area contributed by atoms with Crippen molar-refractivity contribution >= 4 is 17.8 Å². The maximum Gasteiger partial charge on any atom is 0.308 e. The zero-order valence-electron chi connectivity index (χ0n) is 15.6. The molecule has 0 spiro atoms. The van der Waals surface area contributed by atoms with Crippen LogP contribution < -0.4 is 5.32 Å². The van der Waals surface area contributed by atoms with Crippen molar-refractivity contribution in [3.63, 3.8) is 0 Å². The molecule has 29 heavy (non-hydrogen) atoms. The van der Waals surface area contributed by atoms with E-state index in [-0.39, 0.29) is 31.0 Å². The van der Waals surface area contributed by atoms with Crippen LogP contribution in [0.15, 0.2) is 42.5 Å². The Balaban J connectivity index is 1.39. The Kier molecular flexibility index (Phi) is 6.54. The van der Waals surface area contributed by atoms with E-state index in [1.807, 2.05) is 24.3 Å². The van der Waals surface area contributed by atoms with Crippen LogP contribution in [0.2, 0.25) is 0 Å². The van der Waals surface area contributed by atoms with Crippen LogP contribution in [-0.2, 0) is 27.3 Å². The molecular weight excluding hydrogens is 382 g/mol. The minimum absolute atomic E-state index is 0.0975. The molecule has 0 atom stereocenters. The van der Waals surface area contributed by atoms with E-state index in [9.17, 15) is 23.2 Å². The Morgan fingerprint density at radius 2 is 1.83 bits per heavy atom. The lowest BCUT2D eigenvalue weighted by Gasteiger charge is -2.28. The highest BCUT2D eigenvalue weighted by Gasteiger charge is 2.21. The fraction of sp³-hybridized carbons (Fsp3) is 0.286. The van der Waals surface area contributed by atoms with Crippen LogP contribution in [0.5, 0.6) is 0 Å². The maximum absolute atomic E-state index is 13.5. The number of rotatable bonds is 6. The second-order valence-corrected chi connectivity index (χ2v) is 6.62. The van der Waals surface area contributed by atoms with E-state index < -0.39 is 23.5 Å². The molecule has 1 heterocycles. The molecule has 0 aliphatic carbocycles. The van der Waals surface area contributed by atoms with Gasteiger partial charge in [-0.05, 0) is 29.7 Å². The monoisotopic (exact) mass is 402 g/mol. The van der Waals surface area contributed by atoms with Crippen LogP contribution >= 0.6 is 0 Å². The molecule has 2 amide bonds. The van der Waals surface area contributed by atoms with Crippen LogP contribution in [0.3, 0.4) is 0 Å². The summed E-state index contributed by atoms with van der Waals surface area (Å²) in [5.41, 5.74) is 1.97. The number of carbonyl (C=O) groups excluding carboxylic acids is 3. The summed E-state index contributed by atoms with van der Waals surface area (Å²) >= 11 is 0. The second kappa shape index (κ2) is 9.27. The molecule has 6 nitrogen and oxygen atoms in total. The molecular formula is C21H20F2N2O4. The number of amides is 2. The predicted octanol–water partition coefficient (Wildman–Crippen LogP) is 2.21. The maximum atomic E-state index is 13.5. The SMILES string of the molecule is O=C(CCNC(=O)c1ccc(F)cc1F)OCC(=O)N1CCc2ccccc2C1. The first kappa shape index (κ1) is 20.4. The molecule has 1 aliphatic rings. The zero-order chi connectivity index (χ0) is 20.8. The fourth-order valence-corrected chi connectivity index (χ4v) is 3.06. The number of fused-ring (bicyclic) bond motifs is 1. The Hall–Kier alpha value is -3.29. The van der Waals surface area contributed by atoms with E-state index in [0.717, 1.165) is 24.1 Å². The van der Waals surface area contributed by atoms with Gasteiger partial charge in [0, 0.05) is 25.7 Å². The van der Waals surface area contributed by atoms with E-state index in [1.165, 1.54) is 5.56 Å². The predicted molar refractivity (Wildman–Crippen MR) is 99.8 cm³/mol. The van der Waals surface area contributed by atoms with E-state index in [0.29, 0.717) is 19.2 Å². The lowest BCUT2D eigenvalue weighted by Crippen LogP contribution is -2.38. The lowest BCUT2D eigenvalue weighted by atomic mass is 10.00. The molecule has 8 heteroatoms. The third-order valence-electron chi connectivity index (χ3n) is 4.63. The Bertz CT molecular complexity index is 933. The molecule has 0 bridgehead atoms. The van der Waals surface area contributed by atoms with Crippen LogP contribution in [0.1, 0.15) is 27.9 Å². The van der Waals surface area contributed by atoms with Gasteiger partial charge in [-0.15, -0.1) is 0 Å². The highest BCUT2D eigenvalue weighted by molar-refractivity contribution is 5.94. The number of hydrogen-bond donors (Lipinski definition) is 1.